The third-order valence-electron chi connectivity index (χ3n) is 5.78. The summed E-state index contributed by atoms with van der Waals surface area (Å²) in [6.07, 6.45) is 13.3. The highest BCUT2D eigenvalue weighted by atomic mass is 16.5. The molecule has 0 saturated carbocycles. The van der Waals surface area contributed by atoms with Crippen LogP contribution in [-0.2, 0) is 17.6 Å². The van der Waals surface area contributed by atoms with E-state index >= 15 is 0 Å². The van der Waals surface area contributed by atoms with E-state index in [1.54, 1.807) is 19.4 Å². The average Bonchev–Trinajstić information content (AvgIpc) is 2.81. The summed E-state index contributed by atoms with van der Waals surface area (Å²) in [7, 11) is 1.69. The topological polar surface area (TPSA) is 51.2 Å². The van der Waals surface area contributed by atoms with E-state index in [4.69, 9.17) is 4.74 Å². The summed E-state index contributed by atoms with van der Waals surface area (Å²) in [5.74, 6) is 0.735. The van der Waals surface area contributed by atoms with Crippen molar-refractivity contribution in [3.63, 3.8) is 0 Å². The molecule has 32 heavy (non-hydrogen) atoms. The third-order valence-corrected chi connectivity index (χ3v) is 5.78. The Labute approximate surface area is 191 Å². The van der Waals surface area contributed by atoms with Crippen LogP contribution in [0.5, 0.6) is 5.75 Å². The van der Waals surface area contributed by atoms with Crippen LogP contribution in [0.2, 0.25) is 0 Å². The second-order valence-corrected chi connectivity index (χ2v) is 8.29. The van der Waals surface area contributed by atoms with Gasteiger partial charge in [-0.15, -0.1) is 0 Å². The van der Waals surface area contributed by atoms with E-state index < -0.39 is 0 Å². The molecule has 0 radical (unpaired) electrons. The summed E-state index contributed by atoms with van der Waals surface area (Å²) in [5.41, 5.74) is 3.48. The lowest BCUT2D eigenvalue weighted by molar-refractivity contribution is -0.117. The summed E-state index contributed by atoms with van der Waals surface area (Å²) >= 11 is 0. The Morgan fingerprint density at radius 3 is 2.75 bits per heavy atom. The largest absolute Gasteiger partial charge is 0.496 e. The van der Waals surface area contributed by atoms with Crippen molar-refractivity contribution in [3.05, 3.63) is 77.6 Å². The number of aromatic nitrogens is 1. The summed E-state index contributed by atoms with van der Waals surface area (Å²) in [6, 6.07) is 14.6. The number of nitrogens with zero attached hydrogens (tertiary/aromatic N) is 1. The van der Waals surface area contributed by atoms with Gasteiger partial charge in [0.15, 0.2) is 0 Å². The molecule has 4 heteroatoms. The Hall–Kier alpha value is -3.14. The van der Waals surface area contributed by atoms with Gasteiger partial charge < -0.3 is 10.1 Å². The van der Waals surface area contributed by atoms with E-state index in [1.807, 2.05) is 24.4 Å². The first-order chi connectivity index (χ1) is 15.6. The van der Waals surface area contributed by atoms with E-state index in [-0.39, 0.29) is 11.9 Å². The molecule has 0 aliphatic rings. The molecule has 0 bridgehead atoms. The van der Waals surface area contributed by atoms with E-state index in [9.17, 15) is 4.79 Å². The fourth-order valence-electron chi connectivity index (χ4n) is 4.07. The molecule has 0 aliphatic heterocycles. The molecule has 1 atom stereocenters. The lowest BCUT2D eigenvalue weighted by atomic mass is 9.93. The van der Waals surface area contributed by atoms with Crippen molar-refractivity contribution in [1.82, 2.24) is 10.3 Å². The number of hydrogen-bond donors (Lipinski definition) is 1. The molecule has 3 aromatic rings. The summed E-state index contributed by atoms with van der Waals surface area (Å²) < 4.78 is 5.69. The molecule has 1 N–H and O–H groups in total. The van der Waals surface area contributed by atoms with Crippen molar-refractivity contribution in [3.8, 4) is 5.75 Å². The van der Waals surface area contributed by atoms with Crippen molar-refractivity contribution in [2.24, 2.45) is 0 Å². The van der Waals surface area contributed by atoms with Crippen LogP contribution in [0.25, 0.3) is 16.8 Å². The zero-order chi connectivity index (χ0) is 22.8. The predicted octanol–water partition coefficient (Wildman–Crippen LogP) is 6.13. The Kier molecular flexibility index (Phi) is 8.85. The number of fused-ring (bicyclic) bond motifs is 1. The van der Waals surface area contributed by atoms with Gasteiger partial charge in [-0.2, -0.15) is 0 Å². The zero-order valence-corrected chi connectivity index (χ0v) is 19.4. The highest BCUT2D eigenvalue weighted by Crippen LogP contribution is 2.33. The molecule has 2 aromatic carbocycles. The standard InChI is InChI=1S/C28H34N2O2/c1-4-5-14-25-24-15-7-6-13-23(24)19-27(32-3)26(25)16-17-28(31)30-21(2)10-8-11-22-12-9-18-29-20-22/h6-7,9,12-13,15-21H,4-5,8,10-11,14H2,1-3H3,(H,30,31)/b17-16+/t21-/m1/s1. The van der Waals surface area contributed by atoms with E-state index in [2.05, 4.69) is 54.5 Å². The van der Waals surface area contributed by atoms with Crippen molar-refractivity contribution in [2.75, 3.05) is 7.11 Å². The molecule has 4 nitrogen and oxygen atoms in total. The van der Waals surface area contributed by atoms with Crippen LogP contribution in [0, 0.1) is 0 Å². The number of methoxy groups -OCH3 is 1. The third kappa shape index (κ3) is 6.43. The van der Waals surface area contributed by atoms with Gasteiger partial charge >= 0.3 is 0 Å². The second-order valence-electron chi connectivity index (χ2n) is 8.29. The van der Waals surface area contributed by atoms with Gasteiger partial charge in [0, 0.05) is 30.1 Å². The first-order valence-electron chi connectivity index (χ1n) is 11.6. The maximum absolute atomic E-state index is 12.6. The number of pyridine rings is 1. The van der Waals surface area contributed by atoms with Crippen LogP contribution in [0.4, 0.5) is 0 Å². The number of aryl methyl sites for hydroxylation is 2. The predicted molar refractivity (Wildman–Crippen MR) is 133 cm³/mol. The minimum absolute atomic E-state index is 0.0736. The van der Waals surface area contributed by atoms with Gasteiger partial charge in [0.1, 0.15) is 5.75 Å². The maximum atomic E-state index is 12.6. The number of hydrogen-bond acceptors (Lipinski definition) is 3. The molecule has 3 rings (SSSR count). The number of carbonyl (C=O) groups is 1. The SMILES string of the molecule is CCCCc1c(/C=C/C(=O)N[C@H](C)CCCc2cccnc2)c(OC)cc2ccccc12. The first kappa shape index (κ1) is 23.5. The Bertz CT molecular complexity index is 1040. The van der Waals surface area contributed by atoms with Gasteiger partial charge in [-0.1, -0.05) is 43.7 Å². The van der Waals surface area contributed by atoms with Gasteiger partial charge in [0.2, 0.25) is 5.91 Å². The van der Waals surface area contributed by atoms with Crippen molar-refractivity contribution < 1.29 is 9.53 Å². The molecular weight excluding hydrogens is 396 g/mol. The lowest BCUT2D eigenvalue weighted by Crippen LogP contribution is -2.31. The number of carbonyl (C=O) groups excluding carboxylic acids is 1. The normalized spacial score (nSPS) is 12.2. The highest BCUT2D eigenvalue weighted by molar-refractivity contribution is 5.96. The Morgan fingerprint density at radius 1 is 1.16 bits per heavy atom. The zero-order valence-electron chi connectivity index (χ0n) is 19.4. The maximum Gasteiger partial charge on any atom is 0.244 e. The number of unbranched alkanes of at least 4 members (excludes halogenated alkanes) is 1. The van der Waals surface area contributed by atoms with Gasteiger partial charge in [0.05, 0.1) is 7.11 Å². The van der Waals surface area contributed by atoms with E-state index in [0.717, 1.165) is 49.8 Å². The number of benzene rings is 2. The van der Waals surface area contributed by atoms with Crippen LogP contribution in [0.15, 0.2) is 60.9 Å². The highest BCUT2D eigenvalue weighted by Gasteiger charge is 2.13. The van der Waals surface area contributed by atoms with Crippen LogP contribution >= 0.6 is 0 Å². The fourth-order valence-corrected chi connectivity index (χ4v) is 4.07. The van der Waals surface area contributed by atoms with Gasteiger partial charge in [-0.05, 0) is 79.1 Å². The first-order valence-corrected chi connectivity index (χ1v) is 11.6. The minimum atomic E-state index is -0.0736. The second kappa shape index (κ2) is 12.0. The monoisotopic (exact) mass is 430 g/mol. The average molecular weight is 431 g/mol. The summed E-state index contributed by atoms with van der Waals surface area (Å²) in [6.45, 7) is 4.25. The van der Waals surface area contributed by atoms with Crippen LogP contribution < -0.4 is 10.1 Å². The quantitative estimate of drug-likeness (QED) is 0.373. The molecule has 0 saturated heterocycles. The molecule has 1 amide bonds. The van der Waals surface area contributed by atoms with Crippen LogP contribution in [-0.4, -0.2) is 24.0 Å². The molecule has 0 unspecified atom stereocenters. The van der Waals surface area contributed by atoms with E-state index in [0.29, 0.717) is 0 Å². The van der Waals surface area contributed by atoms with Gasteiger partial charge in [-0.25, -0.2) is 0 Å². The van der Waals surface area contributed by atoms with Crippen molar-refractivity contribution >= 4 is 22.8 Å². The molecular formula is C28H34N2O2. The molecule has 1 heterocycles. The van der Waals surface area contributed by atoms with Crippen molar-refractivity contribution in [2.45, 2.75) is 58.4 Å². The number of nitrogens with one attached hydrogen (secondary N) is 1. The molecule has 0 spiro atoms. The lowest BCUT2D eigenvalue weighted by Gasteiger charge is -2.15. The van der Waals surface area contributed by atoms with Gasteiger partial charge in [0.25, 0.3) is 0 Å². The minimum Gasteiger partial charge on any atom is -0.496 e. The molecule has 0 fully saturated rings. The molecule has 168 valence electrons. The number of rotatable bonds is 11. The molecule has 0 aliphatic carbocycles. The van der Waals surface area contributed by atoms with Crippen LogP contribution in [0.1, 0.15) is 56.2 Å². The summed E-state index contributed by atoms with van der Waals surface area (Å²) in [5, 5.41) is 5.48. The smallest absolute Gasteiger partial charge is 0.244 e. The molecule has 1 aromatic heterocycles. The van der Waals surface area contributed by atoms with E-state index in [1.165, 1.54) is 21.9 Å². The van der Waals surface area contributed by atoms with Crippen molar-refractivity contribution in [1.29, 1.82) is 0 Å². The number of ether oxygens (including phenoxy) is 1. The van der Waals surface area contributed by atoms with Gasteiger partial charge in [-0.3, -0.25) is 9.78 Å². The Balaban J connectivity index is 1.68. The van der Waals surface area contributed by atoms with Crippen LogP contribution in [0.3, 0.4) is 0 Å². The summed E-state index contributed by atoms with van der Waals surface area (Å²) in [4.78, 5) is 16.8. The fraction of sp³-hybridized carbons (Fsp3) is 0.357. The Morgan fingerprint density at radius 2 is 2.00 bits per heavy atom. The number of amides is 1.